The number of nitrogen functional groups attached to an aromatic ring is 1. The van der Waals surface area contributed by atoms with Crippen LogP contribution in [0.4, 0.5) is 5.69 Å². The predicted octanol–water partition coefficient (Wildman–Crippen LogP) is 3.26. The van der Waals surface area contributed by atoms with Crippen molar-refractivity contribution in [1.82, 2.24) is 0 Å². The van der Waals surface area contributed by atoms with Gasteiger partial charge in [0.25, 0.3) is 0 Å². The Bertz CT molecular complexity index is 405. The van der Waals surface area contributed by atoms with E-state index in [1.807, 2.05) is 19.1 Å². The van der Waals surface area contributed by atoms with Gasteiger partial charge in [0.05, 0.1) is 12.7 Å². The molecule has 2 N–H and O–H groups in total. The minimum Gasteiger partial charge on any atom is -0.465 e. The van der Waals surface area contributed by atoms with Gasteiger partial charge in [-0.2, -0.15) is 0 Å². The molecular formula is C13H19NO2S. The van der Waals surface area contributed by atoms with Crippen LogP contribution in [0.1, 0.15) is 35.7 Å². The molecule has 0 aliphatic heterocycles. The molecule has 0 aliphatic rings. The number of carbonyl (C=O) groups is 1. The molecule has 0 heterocycles. The van der Waals surface area contributed by atoms with E-state index in [9.17, 15) is 4.79 Å². The number of aryl methyl sites for hydroxylation is 1. The number of unbranched alkanes of at least 4 members (excludes halogenated alkanes) is 1. The highest BCUT2D eigenvalue weighted by atomic mass is 32.2. The fourth-order valence-electron chi connectivity index (χ4n) is 1.46. The summed E-state index contributed by atoms with van der Waals surface area (Å²) in [6.45, 7) is 4.07. The number of hydrogen-bond donors (Lipinski definition) is 1. The van der Waals surface area contributed by atoms with Gasteiger partial charge in [0.2, 0.25) is 0 Å². The van der Waals surface area contributed by atoms with E-state index >= 15 is 0 Å². The number of rotatable bonds is 5. The molecule has 17 heavy (non-hydrogen) atoms. The maximum atomic E-state index is 11.6. The van der Waals surface area contributed by atoms with Crippen LogP contribution < -0.4 is 5.73 Å². The number of ether oxygens (including phenoxy) is 1. The third-order valence-electron chi connectivity index (χ3n) is 2.53. The second-order valence-corrected chi connectivity index (χ2v) is 5.06. The van der Waals surface area contributed by atoms with E-state index in [4.69, 9.17) is 10.5 Å². The zero-order valence-electron chi connectivity index (χ0n) is 10.6. The highest BCUT2D eigenvalue weighted by molar-refractivity contribution is 7.99. The van der Waals surface area contributed by atoms with Gasteiger partial charge >= 0.3 is 5.97 Å². The lowest BCUT2D eigenvalue weighted by Crippen LogP contribution is -2.07. The van der Waals surface area contributed by atoms with E-state index in [-0.39, 0.29) is 5.97 Å². The van der Waals surface area contributed by atoms with Crippen LogP contribution in [0.15, 0.2) is 17.0 Å². The van der Waals surface area contributed by atoms with E-state index in [2.05, 4.69) is 6.92 Å². The van der Waals surface area contributed by atoms with Crippen molar-refractivity contribution in [1.29, 1.82) is 0 Å². The molecule has 0 aromatic heterocycles. The van der Waals surface area contributed by atoms with E-state index in [0.29, 0.717) is 11.3 Å². The van der Waals surface area contributed by atoms with Crippen molar-refractivity contribution in [2.45, 2.75) is 31.6 Å². The van der Waals surface area contributed by atoms with Crippen molar-refractivity contribution < 1.29 is 9.53 Å². The second-order valence-electron chi connectivity index (χ2n) is 3.90. The Morgan fingerprint density at radius 1 is 1.47 bits per heavy atom. The summed E-state index contributed by atoms with van der Waals surface area (Å²) in [5, 5.41) is 0. The van der Waals surface area contributed by atoms with Crippen LogP contribution in [-0.4, -0.2) is 18.8 Å². The molecule has 1 rings (SSSR count). The third kappa shape index (κ3) is 3.66. The van der Waals surface area contributed by atoms with Gasteiger partial charge in [-0.3, -0.25) is 0 Å². The van der Waals surface area contributed by atoms with Crippen molar-refractivity contribution in [2.24, 2.45) is 0 Å². The minimum absolute atomic E-state index is 0.372. The van der Waals surface area contributed by atoms with Gasteiger partial charge in [0.15, 0.2) is 0 Å². The maximum Gasteiger partial charge on any atom is 0.340 e. The lowest BCUT2D eigenvalue weighted by atomic mass is 10.1. The van der Waals surface area contributed by atoms with Gasteiger partial charge in [-0.1, -0.05) is 13.3 Å². The molecule has 1 aromatic carbocycles. The quantitative estimate of drug-likeness (QED) is 0.379. The Morgan fingerprint density at radius 2 is 2.18 bits per heavy atom. The fourth-order valence-corrected chi connectivity index (χ4v) is 2.59. The Kier molecular flexibility index (Phi) is 5.35. The number of methoxy groups -OCH3 is 1. The molecule has 3 nitrogen and oxygen atoms in total. The van der Waals surface area contributed by atoms with Crippen LogP contribution in [0, 0.1) is 6.92 Å². The zero-order chi connectivity index (χ0) is 12.8. The molecule has 0 saturated carbocycles. The Hall–Kier alpha value is -1.16. The molecule has 4 heteroatoms. The molecule has 94 valence electrons. The van der Waals surface area contributed by atoms with Gasteiger partial charge in [-0.15, -0.1) is 11.8 Å². The number of esters is 1. The van der Waals surface area contributed by atoms with E-state index in [1.54, 1.807) is 11.8 Å². The Labute approximate surface area is 107 Å². The van der Waals surface area contributed by atoms with Crippen LogP contribution in [0.5, 0.6) is 0 Å². The summed E-state index contributed by atoms with van der Waals surface area (Å²) in [6.07, 6.45) is 2.34. The Balaban J connectivity index is 2.93. The lowest BCUT2D eigenvalue weighted by Gasteiger charge is -2.10. The van der Waals surface area contributed by atoms with Gasteiger partial charge in [0, 0.05) is 10.6 Å². The minimum atomic E-state index is -0.372. The van der Waals surface area contributed by atoms with Gasteiger partial charge in [0.1, 0.15) is 0 Å². The molecule has 1 aromatic rings. The van der Waals surface area contributed by atoms with Crippen LogP contribution in [0.2, 0.25) is 0 Å². The molecular weight excluding hydrogens is 234 g/mol. The molecule has 0 atom stereocenters. The molecule has 0 bridgehead atoms. The summed E-state index contributed by atoms with van der Waals surface area (Å²) in [5.74, 6) is 0.684. The molecule has 0 aliphatic carbocycles. The first-order chi connectivity index (χ1) is 8.10. The number of thioether (sulfide) groups is 1. The van der Waals surface area contributed by atoms with Crippen molar-refractivity contribution in [3.8, 4) is 0 Å². The molecule has 0 fully saturated rings. The zero-order valence-corrected chi connectivity index (χ0v) is 11.4. The smallest absolute Gasteiger partial charge is 0.340 e. The summed E-state index contributed by atoms with van der Waals surface area (Å²) in [7, 11) is 1.37. The molecule has 0 amide bonds. The Morgan fingerprint density at radius 3 is 2.76 bits per heavy atom. The monoisotopic (exact) mass is 253 g/mol. The van der Waals surface area contributed by atoms with E-state index in [1.165, 1.54) is 20.0 Å². The second kappa shape index (κ2) is 6.55. The first-order valence-electron chi connectivity index (χ1n) is 5.71. The SMILES string of the molecule is CCCCSc1cc(C)c(N)c(C(=O)OC)c1. The predicted molar refractivity (Wildman–Crippen MR) is 72.6 cm³/mol. The van der Waals surface area contributed by atoms with Gasteiger partial charge < -0.3 is 10.5 Å². The summed E-state index contributed by atoms with van der Waals surface area (Å²) < 4.78 is 4.72. The van der Waals surface area contributed by atoms with Crippen molar-refractivity contribution in [3.63, 3.8) is 0 Å². The standard InChI is InChI=1S/C13H19NO2S/c1-4-5-6-17-10-7-9(2)12(14)11(8-10)13(15)16-3/h7-8H,4-6,14H2,1-3H3. The average molecular weight is 253 g/mol. The summed E-state index contributed by atoms with van der Waals surface area (Å²) in [5.41, 5.74) is 7.77. The lowest BCUT2D eigenvalue weighted by molar-refractivity contribution is 0.0601. The highest BCUT2D eigenvalue weighted by Gasteiger charge is 2.13. The fraction of sp³-hybridized carbons (Fsp3) is 0.462. The molecule has 0 unspecified atom stereocenters. The first-order valence-corrected chi connectivity index (χ1v) is 6.70. The summed E-state index contributed by atoms with van der Waals surface area (Å²) in [4.78, 5) is 12.6. The van der Waals surface area contributed by atoms with Crippen LogP contribution in [0.3, 0.4) is 0 Å². The van der Waals surface area contributed by atoms with Gasteiger partial charge in [-0.05, 0) is 36.8 Å². The molecule has 0 saturated heterocycles. The maximum absolute atomic E-state index is 11.6. The number of anilines is 1. The number of nitrogens with two attached hydrogens (primary N) is 1. The van der Waals surface area contributed by atoms with E-state index < -0.39 is 0 Å². The van der Waals surface area contributed by atoms with Crippen molar-refractivity contribution in [3.05, 3.63) is 23.3 Å². The van der Waals surface area contributed by atoms with Crippen LogP contribution >= 0.6 is 11.8 Å². The average Bonchev–Trinajstić information content (AvgIpc) is 2.32. The third-order valence-corrected chi connectivity index (χ3v) is 3.59. The van der Waals surface area contributed by atoms with Crippen molar-refractivity contribution in [2.75, 3.05) is 18.6 Å². The summed E-state index contributed by atoms with van der Waals surface area (Å²) in [6, 6.07) is 3.83. The van der Waals surface area contributed by atoms with Crippen molar-refractivity contribution >= 4 is 23.4 Å². The van der Waals surface area contributed by atoms with Crippen LogP contribution in [-0.2, 0) is 4.74 Å². The number of carbonyl (C=O) groups excluding carboxylic acids is 1. The summed E-state index contributed by atoms with van der Waals surface area (Å²) >= 11 is 1.75. The first kappa shape index (κ1) is 13.9. The topological polar surface area (TPSA) is 52.3 Å². The molecule has 0 radical (unpaired) electrons. The number of benzene rings is 1. The van der Waals surface area contributed by atoms with E-state index in [0.717, 1.165) is 16.2 Å². The number of hydrogen-bond acceptors (Lipinski definition) is 4. The van der Waals surface area contributed by atoms with Gasteiger partial charge in [-0.25, -0.2) is 4.79 Å². The normalized spacial score (nSPS) is 10.3. The van der Waals surface area contributed by atoms with Crippen LogP contribution in [0.25, 0.3) is 0 Å². The largest absolute Gasteiger partial charge is 0.465 e. The molecule has 0 spiro atoms. The highest BCUT2D eigenvalue weighted by Crippen LogP contribution is 2.27.